The molecule has 8 nitrogen and oxygen atoms in total. The van der Waals surface area contributed by atoms with Crippen molar-refractivity contribution in [1.82, 2.24) is 19.9 Å². The van der Waals surface area contributed by atoms with E-state index in [0.29, 0.717) is 42.2 Å². The summed E-state index contributed by atoms with van der Waals surface area (Å²) in [6.45, 7) is 7.02. The lowest BCUT2D eigenvalue weighted by Crippen LogP contribution is -2.57. The largest absolute Gasteiger partial charge is 0.489 e. The molecular formula is C35H33ClFN5O3. The number of aromatic nitrogens is 3. The topological polar surface area (TPSA) is 80.7 Å². The zero-order chi connectivity index (χ0) is 31.3. The summed E-state index contributed by atoms with van der Waals surface area (Å²) >= 11 is 6.43. The van der Waals surface area contributed by atoms with Crippen LogP contribution < -0.4 is 9.64 Å². The van der Waals surface area contributed by atoms with Gasteiger partial charge in [0.1, 0.15) is 35.0 Å². The van der Waals surface area contributed by atoms with Crippen LogP contribution in [0.4, 0.5) is 15.0 Å². The van der Waals surface area contributed by atoms with E-state index >= 15 is 4.39 Å². The number of pyridine rings is 1. The number of amides is 1. The Bertz CT molecular complexity index is 1900. The Morgan fingerprint density at radius 3 is 2.42 bits per heavy atom. The quantitative estimate of drug-likeness (QED) is 0.184. The minimum atomic E-state index is -0.584. The second kappa shape index (κ2) is 11.5. The number of halogens is 2. The Morgan fingerprint density at radius 2 is 1.69 bits per heavy atom. The third kappa shape index (κ3) is 5.73. The molecule has 2 fully saturated rings. The van der Waals surface area contributed by atoms with E-state index in [2.05, 4.69) is 19.9 Å². The first-order valence-corrected chi connectivity index (χ1v) is 15.5. The van der Waals surface area contributed by atoms with Crippen molar-refractivity contribution in [2.45, 2.75) is 57.9 Å². The van der Waals surface area contributed by atoms with Gasteiger partial charge >= 0.3 is 6.09 Å². The van der Waals surface area contributed by atoms with Gasteiger partial charge in [-0.05, 0) is 73.7 Å². The van der Waals surface area contributed by atoms with Gasteiger partial charge in [-0.25, -0.2) is 14.2 Å². The number of carbonyl (C=O) groups is 1. The van der Waals surface area contributed by atoms with Gasteiger partial charge < -0.3 is 14.4 Å². The van der Waals surface area contributed by atoms with Crippen molar-refractivity contribution >= 4 is 45.2 Å². The predicted molar refractivity (Wildman–Crippen MR) is 173 cm³/mol. The number of hydrogen-bond donors (Lipinski definition) is 0. The molecule has 4 heterocycles. The summed E-state index contributed by atoms with van der Waals surface area (Å²) in [5.41, 5.74) is 1.29. The van der Waals surface area contributed by atoms with Crippen LogP contribution in [0.1, 0.15) is 39.2 Å². The average Bonchev–Trinajstić information content (AvgIpc) is 3.29. The normalized spacial score (nSPS) is 18.1. The standard InChI is InChI=1S/C35H33ClFN5O3/c1-35(2,3)45-34(43)42-23-13-14-24(42)19-41(18-23)32-28-17-38-30(29(37)31(28)39-33(36)40-32)27-16-25(15-22-11-7-8-12-26(22)27)44-20-21-9-5-4-6-10-21/h4-12,15-17,23-24H,13-14,18-20H2,1-3H3/t23-,24+. The first-order chi connectivity index (χ1) is 21.6. The number of ether oxygens (including phenoxy) is 2. The lowest BCUT2D eigenvalue weighted by molar-refractivity contribution is 0.0123. The van der Waals surface area contributed by atoms with Crippen molar-refractivity contribution in [3.63, 3.8) is 0 Å². The molecular weight excluding hydrogens is 593 g/mol. The maximum atomic E-state index is 16.5. The maximum absolute atomic E-state index is 16.5. The minimum absolute atomic E-state index is 0.0514. The Labute approximate surface area is 265 Å². The van der Waals surface area contributed by atoms with Crippen molar-refractivity contribution < 1.29 is 18.7 Å². The molecule has 2 aliphatic rings. The smallest absolute Gasteiger partial charge is 0.410 e. The minimum Gasteiger partial charge on any atom is -0.489 e. The molecule has 0 spiro atoms. The van der Waals surface area contributed by atoms with Crippen LogP contribution in [0.15, 0.2) is 72.9 Å². The van der Waals surface area contributed by atoms with Crippen LogP contribution in [-0.2, 0) is 11.3 Å². The van der Waals surface area contributed by atoms with E-state index in [-0.39, 0.29) is 34.7 Å². The van der Waals surface area contributed by atoms with Crippen LogP contribution in [0.3, 0.4) is 0 Å². The molecule has 0 N–H and O–H groups in total. The highest BCUT2D eigenvalue weighted by Crippen LogP contribution is 2.39. The second-order valence-corrected chi connectivity index (χ2v) is 13.0. The van der Waals surface area contributed by atoms with Crippen LogP contribution in [-0.4, -0.2) is 56.7 Å². The summed E-state index contributed by atoms with van der Waals surface area (Å²) in [6.07, 6.45) is 3.01. The Kier molecular flexibility index (Phi) is 7.44. The lowest BCUT2D eigenvalue weighted by atomic mass is 10.00. The van der Waals surface area contributed by atoms with Crippen molar-refractivity contribution in [2.24, 2.45) is 0 Å². The Morgan fingerprint density at radius 1 is 0.978 bits per heavy atom. The van der Waals surface area contributed by atoms with Gasteiger partial charge in [0.15, 0.2) is 5.82 Å². The first-order valence-electron chi connectivity index (χ1n) is 15.1. The molecule has 1 amide bonds. The molecule has 10 heteroatoms. The van der Waals surface area contributed by atoms with Crippen LogP contribution in [0, 0.1) is 5.82 Å². The number of nitrogens with zero attached hydrogens (tertiary/aromatic N) is 5. The van der Waals surface area contributed by atoms with E-state index < -0.39 is 11.4 Å². The van der Waals surface area contributed by atoms with E-state index in [0.717, 1.165) is 29.2 Å². The summed E-state index contributed by atoms with van der Waals surface area (Å²) in [4.78, 5) is 30.4. The molecule has 0 radical (unpaired) electrons. The molecule has 2 aliphatic heterocycles. The van der Waals surface area contributed by atoms with Gasteiger partial charge in [0.25, 0.3) is 0 Å². The Balaban J connectivity index is 1.24. The Hall–Kier alpha value is -4.50. The van der Waals surface area contributed by atoms with E-state index in [4.69, 9.17) is 21.1 Å². The average molecular weight is 626 g/mol. The molecule has 2 aromatic heterocycles. The fourth-order valence-electron chi connectivity index (χ4n) is 6.44. The summed E-state index contributed by atoms with van der Waals surface area (Å²) < 4.78 is 28.4. The highest BCUT2D eigenvalue weighted by atomic mass is 35.5. The van der Waals surface area contributed by atoms with Gasteiger partial charge in [0.2, 0.25) is 5.28 Å². The maximum Gasteiger partial charge on any atom is 0.410 e. The molecule has 2 atom stereocenters. The van der Waals surface area contributed by atoms with E-state index in [1.165, 1.54) is 0 Å². The van der Waals surface area contributed by atoms with E-state index in [1.807, 2.05) is 92.4 Å². The number of fused-ring (bicyclic) bond motifs is 4. The molecule has 2 saturated heterocycles. The molecule has 7 rings (SSSR count). The van der Waals surface area contributed by atoms with Crippen LogP contribution in [0.25, 0.3) is 32.9 Å². The highest BCUT2D eigenvalue weighted by molar-refractivity contribution is 6.28. The summed E-state index contributed by atoms with van der Waals surface area (Å²) in [6, 6.07) is 21.3. The zero-order valence-electron chi connectivity index (χ0n) is 25.3. The number of piperazine rings is 1. The van der Waals surface area contributed by atoms with Crippen molar-refractivity contribution in [3.8, 4) is 17.0 Å². The van der Waals surface area contributed by atoms with E-state index in [9.17, 15) is 4.79 Å². The van der Waals surface area contributed by atoms with Crippen molar-refractivity contribution in [2.75, 3.05) is 18.0 Å². The number of carbonyl (C=O) groups excluding carboxylic acids is 1. The monoisotopic (exact) mass is 625 g/mol. The molecule has 0 aliphatic carbocycles. The second-order valence-electron chi connectivity index (χ2n) is 12.6. The van der Waals surface area contributed by atoms with Gasteiger partial charge in [-0.15, -0.1) is 0 Å². The SMILES string of the molecule is CC(C)(C)OC(=O)N1[C@@H]2CC[C@H]1CN(c1nc(Cl)nc3c(F)c(-c4cc(OCc5ccccc5)cc5ccccc45)ncc13)C2. The highest BCUT2D eigenvalue weighted by Gasteiger charge is 2.45. The summed E-state index contributed by atoms with van der Waals surface area (Å²) in [5.74, 6) is 0.529. The number of anilines is 1. The molecule has 45 heavy (non-hydrogen) atoms. The van der Waals surface area contributed by atoms with Gasteiger partial charge in [0, 0.05) is 24.8 Å². The summed E-state index contributed by atoms with van der Waals surface area (Å²) in [7, 11) is 0. The third-order valence-corrected chi connectivity index (χ3v) is 8.53. The van der Waals surface area contributed by atoms with Gasteiger partial charge in [-0.2, -0.15) is 4.98 Å². The van der Waals surface area contributed by atoms with Gasteiger partial charge in [-0.3, -0.25) is 9.88 Å². The zero-order valence-corrected chi connectivity index (χ0v) is 26.1. The third-order valence-electron chi connectivity index (χ3n) is 8.36. The fraction of sp³-hybridized carbons (Fsp3) is 0.314. The lowest BCUT2D eigenvalue weighted by Gasteiger charge is -2.42. The van der Waals surface area contributed by atoms with Crippen LogP contribution in [0.5, 0.6) is 5.75 Å². The molecule has 3 aromatic carbocycles. The number of hydrogen-bond acceptors (Lipinski definition) is 7. The van der Waals surface area contributed by atoms with Crippen molar-refractivity contribution in [1.29, 1.82) is 0 Å². The molecule has 2 bridgehead atoms. The van der Waals surface area contributed by atoms with Gasteiger partial charge in [0.05, 0.1) is 17.5 Å². The molecule has 0 saturated carbocycles. The van der Waals surface area contributed by atoms with Crippen molar-refractivity contribution in [3.05, 3.63) is 89.6 Å². The van der Waals surface area contributed by atoms with Gasteiger partial charge in [-0.1, -0.05) is 54.6 Å². The van der Waals surface area contributed by atoms with Crippen LogP contribution >= 0.6 is 11.6 Å². The molecule has 0 unspecified atom stereocenters. The van der Waals surface area contributed by atoms with E-state index in [1.54, 1.807) is 6.20 Å². The molecule has 5 aromatic rings. The predicted octanol–water partition coefficient (Wildman–Crippen LogP) is 7.80. The first kappa shape index (κ1) is 29.2. The fourth-order valence-corrected chi connectivity index (χ4v) is 6.60. The molecule has 230 valence electrons. The number of rotatable bonds is 5. The number of benzene rings is 3. The summed E-state index contributed by atoms with van der Waals surface area (Å²) in [5, 5.41) is 2.15. The van der Waals surface area contributed by atoms with Crippen LogP contribution in [0.2, 0.25) is 5.28 Å².